The highest BCUT2D eigenvalue weighted by atomic mass is 32.2. The average molecular weight is 487 g/mol. The van der Waals surface area contributed by atoms with E-state index in [1.807, 2.05) is 6.07 Å². The van der Waals surface area contributed by atoms with Crippen LogP contribution in [0.15, 0.2) is 53.6 Å². The van der Waals surface area contributed by atoms with E-state index in [0.29, 0.717) is 48.9 Å². The summed E-state index contributed by atoms with van der Waals surface area (Å²) in [6.07, 6.45) is 1.95. The quantitative estimate of drug-likeness (QED) is 0.608. The second-order valence-electron chi connectivity index (χ2n) is 8.02. The van der Waals surface area contributed by atoms with Crippen LogP contribution in [-0.2, 0) is 10.0 Å². The molecule has 0 unspecified atom stereocenters. The molecule has 3 heterocycles. The van der Waals surface area contributed by atoms with Crippen LogP contribution in [0.5, 0.6) is 11.5 Å². The maximum Gasteiger partial charge on any atom is 0.257 e. The second kappa shape index (κ2) is 9.07. The highest BCUT2D eigenvalue weighted by Gasteiger charge is 2.30. The predicted molar refractivity (Wildman–Crippen MR) is 121 cm³/mol. The maximum atomic E-state index is 13.4. The zero-order chi connectivity index (χ0) is 23.7. The van der Waals surface area contributed by atoms with Crippen molar-refractivity contribution in [1.29, 1.82) is 0 Å². The Morgan fingerprint density at radius 2 is 1.74 bits per heavy atom. The number of H-pyrrole nitrogens is 1. The molecular formula is C23H23FN4O5S. The van der Waals surface area contributed by atoms with Crippen LogP contribution in [0.25, 0.3) is 11.3 Å². The minimum absolute atomic E-state index is 0.0319. The van der Waals surface area contributed by atoms with Gasteiger partial charge in [0, 0.05) is 31.7 Å². The Morgan fingerprint density at radius 3 is 2.53 bits per heavy atom. The summed E-state index contributed by atoms with van der Waals surface area (Å²) < 4.78 is 51.7. The molecule has 2 aromatic carbocycles. The van der Waals surface area contributed by atoms with Crippen molar-refractivity contribution >= 4 is 15.9 Å². The van der Waals surface area contributed by atoms with Gasteiger partial charge in [-0.15, -0.1) is 0 Å². The van der Waals surface area contributed by atoms with Crippen molar-refractivity contribution in [1.82, 2.24) is 19.4 Å². The Morgan fingerprint density at radius 1 is 0.971 bits per heavy atom. The number of aromatic nitrogens is 2. The zero-order valence-corrected chi connectivity index (χ0v) is 19.1. The summed E-state index contributed by atoms with van der Waals surface area (Å²) in [6, 6.07) is 10.2. The van der Waals surface area contributed by atoms with Gasteiger partial charge >= 0.3 is 0 Å². The Bertz CT molecular complexity index is 1310. The van der Waals surface area contributed by atoms with Crippen molar-refractivity contribution in [2.45, 2.75) is 11.3 Å². The van der Waals surface area contributed by atoms with Crippen molar-refractivity contribution in [3.63, 3.8) is 0 Å². The van der Waals surface area contributed by atoms with Gasteiger partial charge in [0.05, 0.1) is 22.3 Å². The number of aromatic amines is 1. The Hall–Kier alpha value is -3.44. The third-order valence-electron chi connectivity index (χ3n) is 5.89. The van der Waals surface area contributed by atoms with Gasteiger partial charge in [-0.05, 0) is 48.9 Å². The van der Waals surface area contributed by atoms with Crippen molar-refractivity contribution in [2.24, 2.45) is 0 Å². The summed E-state index contributed by atoms with van der Waals surface area (Å²) in [6.45, 7) is 1.98. The molecule has 0 saturated carbocycles. The monoisotopic (exact) mass is 486 g/mol. The molecule has 1 aromatic heterocycles. The van der Waals surface area contributed by atoms with Crippen LogP contribution in [0.2, 0.25) is 0 Å². The van der Waals surface area contributed by atoms with Gasteiger partial charge in [0.15, 0.2) is 11.5 Å². The standard InChI is InChI=1S/C23H23FN4O5S/c24-17-3-5-18(6-4-17)34(30,31)28-9-1-8-27(10-11-28)23(29)19-15-25-26-22(19)16-2-7-20-21(14-16)33-13-12-32-20/h2-7,14-15H,1,8-13H2,(H,25,26). The molecule has 0 atom stereocenters. The van der Waals surface area contributed by atoms with E-state index >= 15 is 0 Å². The molecule has 5 rings (SSSR count). The van der Waals surface area contributed by atoms with Gasteiger partial charge in [-0.2, -0.15) is 9.40 Å². The Balaban J connectivity index is 1.33. The van der Waals surface area contributed by atoms with Crippen molar-refractivity contribution < 1.29 is 27.1 Å². The van der Waals surface area contributed by atoms with Gasteiger partial charge in [0.25, 0.3) is 5.91 Å². The molecule has 0 aliphatic carbocycles. The molecule has 34 heavy (non-hydrogen) atoms. The van der Waals surface area contributed by atoms with E-state index in [9.17, 15) is 17.6 Å². The average Bonchev–Trinajstić information content (AvgIpc) is 3.20. The number of carbonyl (C=O) groups is 1. The molecule has 2 aliphatic heterocycles. The van der Waals surface area contributed by atoms with Crippen LogP contribution in [0.1, 0.15) is 16.8 Å². The SMILES string of the molecule is O=C(c1cn[nH]c1-c1ccc2c(c1)OCCO2)N1CCCN(S(=O)(=O)c2ccc(F)cc2)CC1. The maximum absolute atomic E-state index is 13.4. The molecule has 1 N–H and O–H groups in total. The lowest BCUT2D eigenvalue weighted by Crippen LogP contribution is -2.37. The van der Waals surface area contributed by atoms with Crippen LogP contribution in [0.4, 0.5) is 4.39 Å². The lowest BCUT2D eigenvalue weighted by Gasteiger charge is -2.22. The van der Waals surface area contributed by atoms with E-state index in [-0.39, 0.29) is 30.4 Å². The molecule has 9 nitrogen and oxygen atoms in total. The lowest BCUT2D eigenvalue weighted by atomic mass is 10.1. The van der Waals surface area contributed by atoms with Gasteiger partial charge in [-0.25, -0.2) is 12.8 Å². The van der Waals surface area contributed by atoms with Crippen molar-refractivity contribution in [2.75, 3.05) is 39.4 Å². The molecule has 178 valence electrons. The lowest BCUT2D eigenvalue weighted by molar-refractivity contribution is 0.0765. The summed E-state index contributed by atoms with van der Waals surface area (Å²) in [4.78, 5) is 15.0. The first-order valence-corrected chi connectivity index (χ1v) is 12.4. The number of nitrogens with zero attached hydrogens (tertiary/aromatic N) is 3. The van der Waals surface area contributed by atoms with Gasteiger partial charge in [0.2, 0.25) is 10.0 Å². The first-order chi connectivity index (χ1) is 16.4. The number of ether oxygens (including phenoxy) is 2. The van der Waals surface area contributed by atoms with Gasteiger partial charge in [-0.3, -0.25) is 9.89 Å². The molecule has 1 amide bonds. The smallest absolute Gasteiger partial charge is 0.257 e. The van der Waals surface area contributed by atoms with Crippen LogP contribution in [0.3, 0.4) is 0 Å². The highest BCUT2D eigenvalue weighted by Crippen LogP contribution is 2.35. The molecule has 0 spiro atoms. The summed E-state index contributed by atoms with van der Waals surface area (Å²) >= 11 is 0. The fourth-order valence-corrected chi connectivity index (χ4v) is 5.60. The van der Waals surface area contributed by atoms with E-state index < -0.39 is 15.8 Å². The first kappa shape index (κ1) is 22.4. The number of hydrogen-bond donors (Lipinski definition) is 1. The number of halogens is 1. The second-order valence-corrected chi connectivity index (χ2v) is 9.96. The highest BCUT2D eigenvalue weighted by molar-refractivity contribution is 7.89. The minimum Gasteiger partial charge on any atom is -0.486 e. The van der Waals surface area contributed by atoms with Crippen LogP contribution in [0, 0.1) is 5.82 Å². The van der Waals surface area contributed by atoms with E-state index in [1.54, 1.807) is 17.0 Å². The van der Waals surface area contributed by atoms with Crippen LogP contribution in [-0.4, -0.2) is 73.1 Å². The number of fused-ring (bicyclic) bond motifs is 1. The number of rotatable bonds is 4. The molecule has 0 bridgehead atoms. The fourth-order valence-electron chi connectivity index (χ4n) is 4.13. The van der Waals surface area contributed by atoms with Crippen molar-refractivity contribution in [3.8, 4) is 22.8 Å². The van der Waals surface area contributed by atoms with E-state index in [1.165, 1.54) is 22.6 Å². The largest absolute Gasteiger partial charge is 0.486 e. The zero-order valence-electron chi connectivity index (χ0n) is 18.2. The number of carbonyl (C=O) groups excluding carboxylic acids is 1. The molecule has 1 fully saturated rings. The predicted octanol–water partition coefficient (Wildman–Crippen LogP) is 2.52. The molecular weight excluding hydrogens is 463 g/mol. The first-order valence-electron chi connectivity index (χ1n) is 10.9. The van der Waals surface area contributed by atoms with Crippen LogP contribution < -0.4 is 9.47 Å². The number of hydrogen-bond acceptors (Lipinski definition) is 6. The summed E-state index contributed by atoms with van der Waals surface area (Å²) in [5.41, 5.74) is 1.69. The summed E-state index contributed by atoms with van der Waals surface area (Å²) in [7, 11) is -3.78. The van der Waals surface area contributed by atoms with Crippen LogP contribution >= 0.6 is 0 Å². The molecule has 3 aromatic rings. The third kappa shape index (κ3) is 4.24. The topological polar surface area (TPSA) is 105 Å². The van der Waals surface area contributed by atoms with E-state index in [2.05, 4.69) is 10.2 Å². The molecule has 11 heteroatoms. The number of benzene rings is 2. The van der Waals surface area contributed by atoms with E-state index in [4.69, 9.17) is 9.47 Å². The van der Waals surface area contributed by atoms with Gasteiger partial charge in [0.1, 0.15) is 19.0 Å². The van der Waals surface area contributed by atoms with E-state index in [0.717, 1.165) is 17.7 Å². The fraction of sp³-hybridized carbons (Fsp3) is 0.304. The summed E-state index contributed by atoms with van der Waals surface area (Å²) in [5, 5.41) is 6.96. The van der Waals surface area contributed by atoms with Gasteiger partial charge < -0.3 is 14.4 Å². The normalized spacial score (nSPS) is 16.8. The number of sulfonamides is 1. The Labute approximate surface area is 196 Å². The molecule has 1 saturated heterocycles. The van der Waals surface area contributed by atoms with Crippen molar-refractivity contribution in [3.05, 3.63) is 60.0 Å². The number of nitrogens with one attached hydrogen (secondary N) is 1. The third-order valence-corrected chi connectivity index (χ3v) is 7.81. The Kier molecular flexibility index (Phi) is 5.96. The van der Waals surface area contributed by atoms with Gasteiger partial charge in [-0.1, -0.05) is 0 Å². The number of amides is 1. The molecule has 0 radical (unpaired) electrons. The minimum atomic E-state index is -3.78. The summed E-state index contributed by atoms with van der Waals surface area (Å²) in [5.74, 6) is 0.519. The molecule has 2 aliphatic rings.